The molecule has 21 heavy (non-hydrogen) atoms. The van der Waals surface area contributed by atoms with E-state index in [1.807, 2.05) is 6.92 Å². The van der Waals surface area contributed by atoms with Crippen molar-refractivity contribution in [2.45, 2.75) is 13.3 Å². The molecule has 0 unspecified atom stereocenters. The van der Waals surface area contributed by atoms with Crippen LogP contribution in [-0.2, 0) is 9.53 Å². The van der Waals surface area contributed by atoms with Crippen molar-refractivity contribution < 1.29 is 14.5 Å². The molecule has 1 aromatic rings. The zero-order chi connectivity index (χ0) is 15.4. The van der Waals surface area contributed by atoms with Crippen molar-refractivity contribution in [1.82, 2.24) is 4.90 Å². The van der Waals surface area contributed by atoms with Crippen LogP contribution < -0.4 is 0 Å². The Morgan fingerprint density at radius 2 is 2.05 bits per heavy atom. The van der Waals surface area contributed by atoms with Gasteiger partial charge in [-0.1, -0.05) is 6.92 Å². The number of nitro groups is 1. The summed E-state index contributed by atoms with van der Waals surface area (Å²) in [5.74, 6) is -0.332. The number of ether oxygens (including phenoxy) is 1. The Bertz CT molecular complexity index is 578. The summed E-state index contributed by atoms with van der Waals surface area (Å²) < 4.78 is 4.86. The first-order chi connectivity index (χ1) is 10.1. The van der Waals surface area contributed by atoms with Crippen LogP contribution in [0, 0.1) is 10.1 Å². The monoisotopic (exact) mass is 290 g/mol. The Labute approximate surface area is 123 Å². The highest BCUT2D eigenvalue weighted by Crippen LogP contribution is 2.29. The topological polar surface area (TPSA) is 72.7 Å². The smallest absolute Gasteiger partial charge is 0.335 e. The van der Waals surface area contributed by atoms with Gasteiger partial charge in [0.05, 0.1) is 17.6 Å². The summed E-state index contributed by atoms with van der Waals surface area (Å²) in [4.78, 5) is 24.4. The first-order valence-corrected chi connectivity index (χ1v) is 6.84. The average molecular weight is 290 g/mol. The van der Waals surface area contributed by atoms with Gasteiger partial charge in [0.2, 0.25) is 0 Å². The lowest BCUT2D eigenvalue weighted by Gasteiger charge is -2.28. The molecule has 0 atom stereocenters. The standard InChI is InChI=1S/C15H18N2O4/c1-3-16-9-8-13(14(10-16)15(18)21-2)11-4-6-12(7-5-11)17(19)20/h4-7H,3,8-10H2,1-2H3. The minimum atomic E-state index is -0.431. The molecule has 6 heteroatoms. The van der Waals surface area contributed by atoms with E-state index in [2.05, 4.69) is 4.90 Å². The van der Waals surface area contributed by atoms with E-state index in [0.717, 1.165) is 30.6 Å². The fourth-order valence-corrected chi connectivity index (χ4v) is 2.50. The van der Waals surface area contributed by atoms with Crippen LogP contribution in [0.1, 0.15) is 18.9 Å². The van der Waals surface area contributed by atoms with Gasteiger partial charge in [-0.15, -0.1) is 0 Å². The molecule has 0 N–H and O–H groups in total. The molecular formula is C15H18N2O4. The lowest BCUT2D eigenvalue weighted by molar-refractivity contribution is -0.384. The minimum absolute atomic E-state index is 0.0463. The van der Waals surface area contributed by atoms with Crippen LogP contribution in [0.15, 0.2) is 29.8 Å². The largest absolute Gasteiger partial charge is 0.466 e. The maximum absolute atomic E-state index is 12.0. The third-order valence-electron chi connectivity index (χ3n) is 3.73. The van der Waals surface area contributed by atoms with Gasteiger partial charge >= 0.3 is 5.97 Å². The fourth-order valence-electron chi connectivity index (χ4n) is 2.50. The number of nitrogens with zero attached hydrogens (tertiary/aromatic N) is 2. The highest BCUT2D eigenvalue weighted by atomic mass is 16.6. The Morgan fingerprint density at radius 3 is 2.57 bits per heavy atom. The highest BCUT2D eigenvalue weighted by Gasteiger charge is 2.24. The molecule has 6 nitrogen and oxygen atoms in total. The van der Waals surface area contributed by atoms with Crippen molar-refractivity contribution in [2.75, 3.05) is 26.7 Å². The van der Waals surface area contributed by atoms with Crippen LogP contribution in [0.3, 0.4) is 0 Å². The third-order valence-corrected chi connectivity index (χ3v) is 3.73. The number of likely N-dealkylation sites (N-methyl/N-ethyl adjacent to an activating group) is 1. The van der Waals surface area contributed by atoms with Crippen molar-refractivity contribution in [3.63, 3.8) is 0 Å². The van der Waals surface area contributed by atoms with Crippen molar-refractivity contribution in [2.24, 2.45) is 0 Å². The van der Waals surface area contributed by atoms with Gasteiger partial charge in [-0.2, -0.15) is 0 Å². The van der Waals surface area contributed by atoms with Gasteiger partial charge in [0.15, 0.2) is 0 Å². The molecule has 0 saturated heterocycles. The number of nitro benzene ring substituents is 1. The van der Waals surface area contributed by atoms with Crippen molar-refractivity contribution >= 4 is 17.2 Å². The van der Waals surface area contributed by atoms with Gasteiger partial charge in [0.1, 0.15) is 0 Å². The van der Waals surface area contributed by atoms with Crippen LogP contribution in [-0.4, -0.2) is 42.5 Å². The van der Waals surface area contributed by atoms with Gasteiger partial charge in [0, 0.05) is 25.2 Å². The highest BCUT2D eigenvalue weighted by molar-refractivity contribution is 5.98. The van der Waals surface area contributed by atoms with Crippen LogP contribution in [0.5, 0.6) is 0 Å². The fraction of sp³-hybridized carbons (Fsp3) is 0.400. The SMILES string of the molecule is CCN1CCC(c2ccc([N+](=O)[O-])cc2)=C(C(=O)OC)C1. The minimum Gasteiger partial charge on any atom is -0.466 e. The maximum atomic E-state index is 12.0. The van der Waals surface area contributed by atoms with Crippen LogP contribution >= 0.6 is 0 Å². The summed E-state index contributed by atoms with van der Waals surface area (Å²) >= 11 is 0. The van der Waals surface area contributed by atoms with Crippen LogP contribution in [0.2, 0.25) is 0 Å². The number of hydrogen-bond acceptors (Lipinski definition) is 5. The maximum Gasteiger partial charge on any atom is 0.335 e. The summed E-state index contributed by atoms with van der Waals surface area (Å²) in [6.45, 7) is 4.33. The molecule has 1 aliphatic rings. The Balaban J connectivity index is 2.39. The summed E-state index contributed by atoms with van der Waals surface area (Å²) in [5.41, 5.74) is 2.45. The Morgan fingerprint density at radius 1 is 1.38 bits per heavy atom. The predicted molar refractivity (Wildman–Crippen MR) is 78.8 cm³/mol. The van der Waals surface area contributed by atoms with Crippen molar-refractivity contribution in [3.05, 3.63) is 45.5 Å². The number of esters is 1. The molecule has 2 rings (SSSR count). The zero-order valence-corrected chi connectivity index (χ0v) is 12.2. The zero-order valence-electron chi connectivity index (χ0n) is 12.2. The summed E-state index contributed by atoms with van der Waals surface area (Å²) in [7, 11) is 1.37. The average Bonchev–Trinajstić information content (AvgIpc) is 2.53. The van der Waals surface area contributed by atoms with Gasteiger partial charge in [-0.25, -0.2) is 4.79 Å². The molecule has 0 aliphatic carbocycles. The summed E-state index contributed by atoms with van der Waals surface area (Å²) in [6.07, 6.45) is 0.732. The third kappa shape index (κ3) is 3.28. The number of carbonyl (C=O) groups is 1. The number of non-ortho nitro benzene ring substituents is 1. The van der Waals surface area contributed by atoms with Crippen molar-refractivity contribution in [3.8, 4) is 0 Å². The van der Waals surface area contributed by atoms with E-state index < -0.39 is 4.92 Å². The molecule has 1 heterocycles. The molecule has 0 aromatic heterocycles. The number of rotatable bonds is 4. The summed E-state index contributed by atoms with van der Waals surface area (Å²) in [5, 5.41) is 10.7. The lowest BCUT2D eigenvalue weighted by atomic mass is 9.93. The molecule has 112 valence electrons. The van der Waals surface area contributed by atoms with E-state index in [1.165, 1.54) is 19.2 Å². The van der Waals surface area contributed by atoms with Crippen molar-refractivity contribution in [1.29, 1.82) is 0 Å². The predicted octanol–water partition coefficient (Wildman–Crippen LogP) is 2.25. The second-order valence-electron chi connectivity index (χ2n) is 4.87. The molecule has 0 spiro atoms. The van der Waals surface area contributed by atoms with Gasteiger partial charge in [-0.05, 0) is 36.2 Å². The molecule has 0 radical (unpaired) electrons. The Hall–Kier alpha value is -2.21. The number of hydrogen-bond donors (Lipinski definition) is 0. The number of methoxy groups -OCH3 is 1. The molecule has 0 fully saturated rings. The van der Waals surface area contributed by atoms with Crippen LogP contribution in [0.25, 0.3) is 5.57 Å². The first kappa shape index (κ1) is 15.2. The van der Waals surface area contributed by atoms with E-state index in [1.54, 1.807) is 12.1 Å². The van der Waals surface area contributed by atoms with E-state index >= 15 is 0 Å². The Kier molecular flexibility index (Phi) is 4.70. The normalized spacial score (nSPS) is 15.9. The molecular weight excluding hydrogens is 272 g/mol. The molecule has 1 aliphatic heterocycles. The van der Waals surface area contributed by atoms with E-state index in [0.29, 0.717) is 12.1 Å². The molecule has 0 saturated carbocycles. The van der Waals surface area contributed by atoms with Crippen LogP contribution in [0.4, 0.5) is 5.69 Å². The molecule has 1 aromatic carbocycles. The second-order valence-corrected chi connectivity index (χ2v) is 4.87. The van der Waals surface area contributed by atoms with Gasteiger partial charge in [-0.3, -0.25) is 15.0 Å². The lowest BCUT2D eigenvalue weighted by Crippen LogP contribution is -2.34. The summed E-state index contributed by atoms with van der Waals surface area (Å²) in [6, 6.07) is 6.31. The van der Waals surface area contributed by atoms with E-state index in [9.17, 15) is 14.9 Å². The van der Waals surface area contributed by atoms with Gasteiger partial charge < -0.3 is 4.74 Å². The van der Waals surface area contributed by atoms with E-state index in [-0.39, 0.29) is 11.7 Å². The first-order valence-electron chi connectivity index (χ1n) is 6.84. The number of carbonyl (C=O) groups excluding carboxylic acids is 1. The quantitative estimate of drug-likeness (QED) is 0.483. The van der Waals surface area contributed by atoms with Gasteiger partial charge in [0.25, 0.3) is 5.69 Å². The molecule has 0 bridgehead atoms. The number of benzene rings is 1. The van der Waals surface area contributed by atoms with E-state index in [4.69, 9.17) is 4.74 Å². The molecule has 0 amide bonds. The second kappa shape index (κ2) is 6.49.